The molecule has 6 aromatic carbocycles. The highest BCUT2D eigenvalue weighted by Crippen LogP contribution is 2.33. The molecule has 0 radical (unpaired) electrons. The van der Waals surface area contributed by atoms with Gasteiger partial charge in [0.15, 0.2) is 0 Å². The van der Waals surface area contributed by atoms with Crippen LogP contribution in [0.25, 0.3) is 34.4 Å². The van der Waals surface area contributed by atoms with Gasteiger partial charge in [-0.1, -0.05) is 45.1 Å². The Balaban J connectivity index is 0.000000176. The second-order valence-electron chi connectivity index (χ2n) is 15.4. The third-order valence-corrected chi connectivity index (χ3v) is 9.80. The SMILES string of the molecule is O=C(Nc1nnc(-c2cccc(C(F)(F)F)c2)o1)c1ccc(OC(F)(F)F)cc1.O=C(Nc1nnc(-c2cccc(Cl)c2)o1)c1ccc(OC(F)(F)F)cc1.O=C(Nc1nnc(-c2cccc(F)c2)o1)c1ccc(OC(F)(F)F)cc1. The molecule has 3 N–H and O–H groups in total. The topological polar surface area (TPSA) is 232 Å². The minimum atomic E-state index is -4.87. The molecule has 0 unspecified atom stereocenters. The Morgan fingerprint density at radius 2 is 0.728 bits per heavy atom. The average molecular weight is 1170 g/mol. The number of hydrogen-bond acceptors (Lipinski definition) is 15. The molecule has 81 heavy (non-hydrogen) atoms. The lowest BCUT2D eigenvalue weighted by atomic mass is 10.1. The predicted octanol–water partition coefficient (Wildman–Crippen LogP) is 13.5. The van der Waals surface area contributed by atoms with E-state index in [-0.39, 0.29) is 52.0 Å². The van der Waals surface area contributed by atoms with E-state index in [1.54, 1.807) is 30.3 Å². The molecule has 0 atom stereocenters. The maximum absolute atomic E-state index is 13.2. The quantitative estimate of drug-likeness (QED) is 0.0966. The van der Waals surface area contributed by atoms with Crippen LogP contribution < -0.4 is 30.2 Å². The van der Waals surface area contributed by atoms with Gasteiger partial charge in [0, 0.05) is 38.4 Å². The summed E-state index contributed by atoms with van der Waals surface area (Å²) in [7, 11) is 0. The van der Waals surface area contributed by atoms with E-state index >= 15 is 0 Å². The van der Waals surface area contributed by atoms with E-state index in [1.165, 1.54) is 36.4 Å². The number of ether oxygens (including phenoxy) is 3. The number of hydrogen-bond donors (Lipinski definition) is 3. The first-order valence-corrected chi connectivity index (χ1v) is 22.2. The summed E-state index contributed by atoms with van der Waals surface area (Å²) in [4.78, 5) is 36.2. The van der Waals surface area contributed by atoms with Gasteiger partial charge in [0.25, 0.3) is 17.7 Å². The molecule has 18 nitrogen and oxygen atoms in total. The smallest absolute Gasteiger partial charge is 0.406 e. The number of halogens is 14. The van der Waals surface area contributed by atoms with Gasteiger partial charge in [0.2, 0.25) is 17.7 Å². The Labute approximate surface area is 447 Å². The monoisotopic (exact) mass is 1170 g/mol. The van der Waals surface area contributed by atoms with Gasteiger partial charge >= 0.3 is 43.3 Å². The molecule has 0 bridgehead atoms. The molecule has 0 spiro atoms. The summed E-state index contributed by atoms with van der Waals surface area (Å²) in [5, 5.41) is 29.2. The highest BCUT2D eigenvalue weighted by Gasteiger charge is 2.34. The molecule has 32 heteroatoms. The normalized spacial score (nSPS) is 11.5. The van der Waals surface area contributed by atoms with Crippen LogP contribution in [0.2, 0.25) is 5.02 Å². The third kappa shape index (κ3) is 18.0. The Bertz CT molecular complexity index is 3460. The van der Waals surface area contributed by atoms with E-state index in [9.17, 15) is 71.5 Å². The lowest BCUT2D eigenvalue weighted by Gasteiger charge is -2.08. The van der Waals surface area contributed by atoms with Crippen LogP contribution in [0.4, 0.5) is 75.1 Å². The van der Waals surface area contributed by atoms with Crippen molar-refractivity contribution < 1.29 is 98.9 Å². The summed E-state index contributed by atoms with van der Waals surface area (Å²) in [6.07, 6.45) is -19.0. The number of carbonyl (C=O) groups excluding carboxylic acids is 3. The first-order chi connectivity index (χ1) is 38.1. The summed E-state index contributed by atoms with van der Waals surface area (Å²) in [5.74, 6) is -4.13. The van der Waals surface area contributed by atoms with Crippen LogP contribution in [0.15, 0.2) is 159 Å². The number of amides is 3. The van der Waals surface area contributed by atoms with Crippen LogP contribution in [-0.4, -0.2) is 67.4 Å². The molecule has 0 aliphatic rings. The number of anilines is 3. The zero-order valence-corrected chi connectivity index (χ0v) is 40.3. The highest BCUT2D eigenvalue weighted by atomic mass is 35.5. The van der Waals surface area contributed by atoms with Crippen LogP contribution in [-0.2, 0) is 6.18 Å². The molecule has 3 aromatic heterocycles. The van der Waals surface area contributed by atoms with Gasteiger partial charge in [-0.25, -0.2) is 4.39 Å². The molecule has 0 aliphatic heterocycles. The van der Waals surface area contributed by atoms with E-state index < -0.39 is 77.6 Å². The van der Waals surface area contributed by atoms with Gasteiger partial charge in [-0.05, 0) is 127 Å². The number of alkyl halides is 12. The van der Waals surface area contributed by atoms with Crippen molar-refractivity contribution in [1.29, 1.82) is 0 Å². The van der Waals surface area contributed by atoms with E-state index in [1.807, 2.05) is 0 Å². The molecule has 9 rings (SSSR count). The van der Waals surface area contributed by atoms with Gasteiger partial charge in [0.1, 0.15) is 23.1 Å². The lowest BCUT2D eigenvalue weighted by molar-refractivity contribution is -0.275. The highest BCUT2D eigenvalue weighted by molar-refractivity contribution is 6.30. The van der Waals surface area contributed by atoms with Crippen molar-refractivity contribution in [2.45, 2.75) is 25.3 Å². The van der Waals surface area contributed by atoms with Crippen LogP contribution in [0, 0.1) is 5.82 Å². The first kappa shape index (κ1) is 58.6. The maximum Gasteiger partial charge on any atom is 0.573 e. The van der Waals surface area contributed by atoms with Gasteiger partial charge in [-0.3, -0.25) is 30.3 Å². The largest absolute Gasteiger partial charge is 0.573 e. The summed E-state index contributed by atoms with van der Waals surface area (Å²) in [6, 6.07) is 28.1. The number of rotatable bonds is 12. The van der Waals surface area contributed by atoms with Crippen LogP contribution in [0.1, 0.15) is 36.6 Å². The predicted molar refractivity (Wildman–Crippen MR) is 252 cm³/mol. The molecule has 0 fully saturated rings. The number of nitrogens with zero attached hydrogens (tertiary/aromatic N) is 6. The van der Waals surface area contributed by atoms with Crippen LogP contribution >= 0.6 is 11.6 Å². The number of benzene rings is 6. The molecule has 3 amide bonds. The Morgan fingerprint density at radius 3 is 1.05 bits per heavy atom. The Morgan fingerprint density at radius 1 is 0.407 bits per heavy atom. The fourth-order valence-corrected chi connectivity index (χ4v) is 6.36. The van der Waals surface area contributed by atoms with Crippen molar-refractivity contribution in [3.05, 3.63) is 179 Å². The van der Waals surface area contributed by atoms with Gasteiger partial charge in [0.05, 0.1) is 5.56 Å². The minimum absolute atomic E-state index is 0.00581. The Hall–Kier alpha value is -10.1. The van der Waals surface area contributed by atoms with E-state index in [2.05, 4.69) is 60.8 Å². The molecular weight excluding hydrogens is 1140 g/mol. The third-order valence-electron chi connectivity index (χ3n) is 9.57. The summed E-state index contributed by atoms with van der Waals surface area (Å²) >= 11 is 5.88. The molecule has 0 saturated heterocycles. The Kier molecular flexibility index (Phi) is 17.9. The van der Waals surface area contributed by atoms with Crippen molar-refractivity contribution in [2.75, 3.05) is 16.0 Å². The average Bonchev–Trinajstić information content (AvgIpc) is 4.26. The summed E-state index contributed by atoms with van der Waals surface area (Å²) < 4.78 is 187. The van der Waals surface area contributed by atoms with E-state index in [4.69, 9.17) is 24.9 Å². The molecule has 0 saturated carbocycles. The molecular formula is C49H27ClF13N9O9. The summed E-state index contributed by atoms with van der Waals surface area (Å²) in [5.41, 5.74) is 0.0534. The standard InChI is InChI=1S/C17H9F6N3O3.C16H9ClF3N3O3.C16H9F4N3O3/c18-16(19,20)11-3-1-2-10(8-11)14-25-26-15(28-14)24-13(27)9-4-6-12(7-5-9)29-17(21,22)23;2*17-11-3-1-2-10(8-11)14-22-23-15(25-14)21-13(24)9-4-6-12(7-5-9)26-16(18,19)20/h1-8H,(H,24,26,27);2*1-8H,(H,21,23,24). The van der Waals surface area contributed by atoms with Crippen molar-refractivity contribution in [3.8, 4) is 51.6 Å². The number of carbonyl (C=O) groups is 3. The first-order valence-electron chi connectivity index (χ1n) is 21.8. The molecule has 9 aromatic rings. The van der Waals surface area contributed by atoms with Gasteiger partial charge in [-0.15, -0.1) is 54.8 Å². The number of nitrogens with one attached hydrogen (secondary N) is 3. The van der Waals surface area contributed by atoms with E-state index in [0.717, 1.165) is 78.9 Å². The van der Waals surface area contributed by atoms with Crippen molar-refractivity contribution >= 4 is 47.4 Å². The van der Waals surface area contributed by atoms with E-state index in [0.29, 0.717) is 16.1 Å². The lowest BCUT2D eigenvalue weighted by Crippen LogP contribution is -2.17. The fourth-order valence-electron chi connectivity index (χ4n) is 6.17. The second-order valence-corrected chi connectivity index (χ2v) is 15.9. The second kappa shape index (κ2) is 24.7. The van der Waals surface area contributed by atoms with Crippen LogP contribution in [0.5, 0.6) is 17.2 Å². The summed E-state index contributed by atoms with van der Waals surface area (Å²) in [6.45, 7) is 0. The van der Waals surface area contributed by atoms with Gasteiger partial charge in [-0.2, -0.15) is 13.2 Å². The van der Waals surface area contributed by atoms with Crippen LogP contribution in [0.3, 0.4) is 0 Å². The van der Waals surface area contributed by atoms with Crippen molar-refractivity contribution in [2.24, 2.45) is 0 Å². The minimum Gasteiger partial charge on any atom is -0.406 e. The van der Waals surface area contributed by atoms with Crippen molar-refractivity contribution in [1.82, 2.24) is 30.6 Å². The molecule has 420 valence electrons. The maximum atomic E-state index is 13.2. The fraction of sp³-hybridized carbons (Fsp3) is 0.0816. The zero-order valence-electron chi connectivity index (χ0n) is 39.5. The number of aromatic nitrogens is 6. The van der Waals surface area contributed by atoms with Crippen molar-refractivity contribution in [3.63, 3.8) is 0 Å². The van der Waals surface area contributed by atoms with Gasteiger partial charge < -0.3 is 27.5 Å². The zero-order chi connectivity index (χ0) is 58.7. The molecule has 0 aliphatic carbocycles. The molecule has 3 heterocycles.